The highest BCUT2D eigenvalue weighted by molar-refractivity contribution is 5.65. The topological polar surface area (TPSA) is 42.8 Å². The maximum atomic E-state index is 4.92. The first-order valence-corrected chi connectivity index (χ1v) is 2.79. The lowest BCUT2D eigenvalue weighted by atomic mass is 10.5. The van der Waals surface area contributed by atoms with E-state index in [0.717, 1.165) is 5.69 Å². The zero-order valence-corrected chi connectivity index (χ0v) is 5.19. The van der Waals surface area contributed by atoms with Crippen molar-refractivity contribution in [3.05, 3.63) is 18.7 Å². The molecule has 0 aliphatic heterocycles. The number of nitrogens with zero attached hydrogens (tertiary/aromatic N) is 3. The molecular weight excluding hydrogens is 130 g/mol. The van der Waals surface area contributed by atoms with Crippen molar-refractivity contribution in [3.63, 3.8) is 0 Å². The Balaban J connectivity index is 2.88. The third-order valence-corrected chi connectivity index (χ3v) is 1.31. The van der Waals surface area contributed by atoms with Crippen molar-refractivity contribution in [2.45, 2.75) is 0 Å². The first kappa shape index (κ1) is 5.22. The van der Waals surface area contributed by atoms with Gasteiger partial charge in [-0.1, -0.05) is 0 Å². The van der Waals surface area contributed by atoms with Crippen LogP contribution in [0, 0.1) is 0 Å². The van der Waals surface area contributed by atoms with Crippen LogP contribution in [0.4, 0.5) is 5.69 Å². The lowest BCUT2D eigenvalue weighted by Gasteiger charge is -1.78. The van der Waals surface area contributed by atoms with Gasteiger partial charge in [0.25, 0.3) is 0 Å². The smallest absolute Gasteiger partial charge is 0.211 e. The normalized spacial score (nSPS) is 10.4. The molecule has 0 aliphatic carbocycles. The van der Waals surface area contributed by atoms with Crippen molar-refractivity contribution in [2.75, 3.05) is 0 Å². The molecule has 4 nitrogen and oxygen atoms in total. The molecule has 0 aliphatic rings. The predicted octanol–water partition coefficient (Wildman–Crippen LogP) is 1.26. The fourth-order valence-corrected chi connectivity index (χ4v) is 0.852. The number of rotatable bonds is 1. The van der Waals surface area contributed by atoms with Gasteiger partial charge in [-0.2, -0.15) is 9.56 Å². The Kier molecular flexibility index (Phi) is 0.887. The molecule has 0 N–H and O–H groups in total. The maximum absolute atomic E-state index is 4.92. The molecular formula is C6H5N3O. The van der Waals surface area contributed by atoms with Crippen molar-refractivity contribution in [1.29, 1.82) is 0 Å². The van der Waals surface area contributed by atoms with E-state index >= 15 is 0 Å². The monoisotopic (exact) mass is 135 g/mol. The van der Waals surface area contributed by atoms with Crippen LogP contribution < -0.4 is 0 Å². The minimum Gasteiger partial charge on any atom is -0.361 e. The minimum absolute atomic E-state index is 0.704. The fraction of sp³-hybridized carbons (Fsp3) is 0. The van der Waals surface area contributed by atoms with Crippen LogP contribution in [-0.4, -0.2) is 16.3 Å². The van der Waals surface area contributed by atoms with Gasteiger partial charge < -0.3 is 4.52 Å². The Hall–Kier alpha value is -1.58. The number of aromatic nitrogens is 2. The summed E-state index contributed by atoms with van der Waals surface area (Å²) < 4.78 is 6.45. The molecule has 0 spiro atoms. The summed E-state index contributed by atoms with van der Waals surface area (Å²) in [5.41, 5.74) is 1.45. The Morgan fingerprint density at radius 1 is 1.70 bits per heavy atom. The molecule has 4 heteroatoms. The lowest BCUT2D eigenvalue weighted by molar-refractivity contribution is 0.374. The molecule has 0 saturated heterocycles. The highest BCUT2D eigenvalue weighted by Crippen LogP contribution is 2.18. The number of hydrogen-bond donors (Lipinski definition) is 0. The lowest BCUT2D eigenvalue weighted by Crippen LogP contribution is -1.69. The van der Waals surface area contributed by atoms with E-state index in [1.54, 1.807) is 12.3 Å². The average molecular weight is 135 g/mol. The molecule has 2 aromatic rings. The van der Waals surface area contributed by atoms with E-state index in [1.807, 2.05) is 0 Å². The number of fused-ring (bicyclic) bond motifs is 1. The Bertz CT molecular complexity index is 360. The molecule has 2 heterocycles. The molecule has 0 radical (unpaired) electrons. The highest BCUT2D eigenvalue weighted by Gasteiger charge is 2.01. The van der Waals surface area contributed by atoms with Crippen molar-refractivity contribution >= 4 is 18.1 Å². The molecule has 0 atom stereocenters. The van der Waals surface area contributed by atoms with E-state index in [-0.39, 0.29) is 0 Å². The Morgan fingerprint density at radius 3 is 3.40 bits per heavy atom. The summed E-state index contributed by atoms with van der Waals surface area (Å²) in [4.78, 5) is 7.65. The van der Waals surface area contributed by atoms with Crippen LogP contribution >= 0.6 is 0 Å². The number of aliphatic imine (C=N–C) groups is 1. The Morgan fingerprint density at radius 2 is 2.60 bits per heavy atom. The third kappa shape index (κ3) is 0.500. The second kappa shape index (κ2) is 1.70. The van der Waals surface area contributed by atoms with E-state index in [2.05, 4.69) is 16.7 Å². The van der Waals surface area contributed by atoms with E-state index < -0.39 is 0 Å². The van der Waals surface area contributed by atoms with Crippen LogP contribution in [0.25, 0.3) is 5.65 Å². The van der Waals surface area contributed by atoms with Crippen LogP contribution in [0.5, 0.6) is 0 Å². The standard InChI is InChI=1S/C6H5N3O/c1-7-5-2-3-9-6(5)8-4-10-9/h2-4H,1H2. The zero-order chi connectivity index (χ0) is 6.97. The molecule has 0 saturated carbocycles. The van der Waals surface area contributed by atoms with Crippen molar-refractivity contribution in [3.8, 4) is 0 Å². The summed E-state index contributed by atoms with van der Waals surface area (Å²) in [6.45, 7) is 3.39. The molecule has 0 fully saturated rings. The average Bonchev–Trinajstić information content (AvgIpc) is 2.44. The highest BCUT2D eigenvalue weighted by atomic mass is 16.5. The van der Waals surface area contributed by atoms with Gasteiger partial charge in [0.1, 0.15) is 5.69 Å². The van der Waals surface area contributed by atoms with Gasteiger partial charge in [-0.05, 0) is 12.8 Å². The van der Waals surface area contributed by atoms with E-state index in [4.69, 9.17) is 4.52 Å². The van der Waals surface area contributed by atoms with E-state index in [9.17, 15) is 0 Å². The summed E-state index contributed by atoms with van der Waals surface area (Å²) in [7, 11) is 0. The first-order chi connectivity index (χ1) is 4.92. The van der Waals surface area contributed by atoms with Gasteiger partial charge >= 0.3 is 0 Å². The van der Waals surface area contributed by atoms with E-state index in [1.165, 1.54) is 11.0 Å². The van der Waals surface area contributed by atoms with Crippen molar-refractivity contribution in [2.24, 2.45) is 4.99 Å². The second-order valence-corrected chi connectivity index (χ2v) is 1.85. The fourth-order valence-electron chi connectivity index (χ4n) is 0.852. The Labute approximate surface area is 56.8 Å². The van der Waals surface area contributed by atoms with Crippen molar-refractivity contribution in [1.82, 2.24) is 9.56 Å². The van der Waals surface area contributed by atoms with Gasteiger partial charge in [-0.3, -0.25) is 4.99 Å². The zero-order valence-electron chi connectivity index (χ0n) is 5.19. The summed E-state index contributed by atoms with van der Waals surface area (Å²) in [5.74, 6) is 0. The number of hydrogen-bond acceptors (Lipinski definition) is 3. The maximum Gasteiger partial charge on any atom is 0.211 e. The van der Waals surface area contributed by atoms with Crippen LogP contribution in [0.15, 0.2) is 28.2 Å². The molecule has 0 bridgehead atoms. The van der Waals surface area contributed by atoms with Gasteiger partial charge in [0, 0.05) is 6.20 Å². The van der Waals surface area contributed by atoms with Gasteiger partial charge in [0.15, 0.2) is 5.65 Å². The minimum atomic E-state index is 0.704. The van der Waals surface area contributed by atoms with E-state index in [0.29, 0.717) is 5.65 Å². The molecule has 0 amide bonds. The van der Waals surface area contributed by atoms with Crippen LogP contribution in [-0.2, 0) is 0 Å². The summed E-state index contributed by atoms with van der Waals surface area (Å²) in [6, 6.07) is 1.79. The molecule has 50 valence electrons. The van der Waals surface area contributed by atoms with Crippen LogP contribution in [0.3, 0.4) is 0 Å². The van der Waals surface area contributed by atoms with Crippen LogP contribution in [0.2, 0.25) is 0 Å². The predicted molar refractivity (Wildman–Crippen MR) is 36.7 cm³/mol. The summed E-state index contributed by atoms with van der Waals surface area (Å²) >= 11 is 0. The second-order valence-electron chi connectivity index (χ2n) is 1.85. The molecule has 0 unspecified atom stereocenters. The van der Waals surface area contributed by atoms with Gasteiger partial charge in [-0.25, -0.2) is 0 Å². The third-order valence-electron chi connectivity index (χ3n) is 1.31. The SMILES string of the molecule is C=Nc1ccn2ocnc12. The van der Waals surface area contributed by atoms with Gasteiger partial charge in [0.2, 0.25) is 6.39 Å². The molecule has 2 rings (SSSR count). The van der Waals surface area contributed by atoms with Crippen LogP contribution in [0.1, 0.15) is 0 Å². The first-order valence-electron chi connectivity index (χ1n) is 2.79. The molecule has 0 aromatic carbocycles. The van der Waals surface area contributed by atoms with Gasteiger partial charge in [-0.15, -0.1) is 0 Å². The van der Waals surface area contributed by atoms with Crippen molar-refractivity contribution < 1.29 is 4.52 Å². The summed E-state index contributed by atoms with van der Waals surface area (Å²) in [6.07, 6.45) is 3.11. The van der Waals surface area contributed by atoms with Gasteiger partial charge in [0.05, 0.1) is 0 Å². The molecule has 2 aromatic heterocycles. The molecule has 10 heavy (non-hydrogen) atoms. The summed E-state index contributed by atoms with van der Waals surface area (Å²) in [5, 5.41) is 0. The largest absolute Gasteiger partial charge is 0.361 e. The quantitative estimate of drug-likeness (QED) is 0.552.